The molecule has 0 aromatic rings. The van der Waals surface area contributed by atoms with Crippen LogP contribution in [-0.4, -0.2) is 23.1 Å². The summed E-state index contributed by atoms with van der Waals surface area (Å²) in [7, 11) is 0. The summed E-state index contributed by atoms with van der Waals surface area (Å²) in [4.78, 5) is 23.3. The number of hydrogen-bond acceptors (Lipinski definition) is 3. The van der Waals surface area contributed by atoms with Gasteiger partial charge in [-0.3, -0.25) is 9.59 Å². The number of rotatable bonds is 41. The van der Waals surface area contributed by atoms with Gasteiger partial charge < -0.3 is 9.84 Å². The van der Waals surface area contributed by atoms with E-state index in [4.69, 9.17) is 9.84 Å². The molecule has 1 unspecified atom stereocenters. The van der Waals surface area contributed by atoms with Crippen molar-refractivity contribution in [2.24, 2.45) is 0 Å². The van der Waals surface area contributed by atoms with Crippen LogP contribution in [0.5, 0.6) is 0 Å². The third-order valence-corrected chi connectivity index (χ3v) is 10.1. The van der Waals surface area contributed by atoms with Gasteiger partial charge in [-0.2, -0.15) is 0 Å². The van der Waals surface area contributed by atoms with Crippen molar-refractivity contribution in [2.45, 2.75) is 245 Å². The molecule has 0 rings (SSSR count). The molecule has 0 bridgehead atoms. The first-order valence-electron chi connectivity index (χ1n) is 22.6. The predicted molar refractivity (Wildman–Crippen MR) is 227 cm³/mol. The Morgan fingerprint density at radius 3 is 1.19 bits per heavy atom. The first-order chi connectivity index (χ1) is 25.6. The maximum absolute atomic E-state index is 12.7. The van der Waals surface area contributed by atoms with E-state index in [0.717, 1.165) is 64.2 Å². The van der Waals surface area contributed by atoms with E-state index >= 15 is 0 Å². The minimum Gasteiger partial charge on any atom is -0.481 e. The van der Waals surface area contributed by atoms with Crippen LogP contribution in [0.3, 0.4) is 0 Å². The predicted octanol–water partition coefficient (Wildman–Crippen LogP) is 15.9. The number of allylic oxidation sites excluding steroid dienone is 8. The van der Waals surface area contributed by atoms with E-state index < -0.39 is 5.97 Å². The van der Waals surface area contributed by atoms with Crippen molar-refractivity contribution in [3.05, 3.63) is 48.6 Å². The van der Waals surface area contributed by atoms with Crippen molar-refractivity contribution in [1.29, 1.82) is 0 Å². The lowest BCUT2D eigenvalue weighted by atomic mass is 10.0. The van der Waals surface area contributed by atoms with Crippen LogP contribution in [0.1, 0.15) is 239 Å². The van der Waals surface area contributed by atoms with Crippen molar-refractivity contribution in [2.75, 3.05) is 0 Å². The number of carboxylic acid groups (broad SMARTS) is 1. The molecule has 0 saturated heterocycles. The molecule has 1 N–H and O–H groups in total. The molecule has 0 aromatic carbocycles. The lowest BCUT2D eigenvalue weighted by Gasteiger charge is -2.18. The fraction of sp³-hybridized carbons (Fsp3) is 0.792. The molecule has 0 spiro atoms. The molecule has 0 aliphatic heterocycles. The summed E-state index contributed by atoms with van der Waals surface area (Å²) in [5.41, 5.74) is 0. The summed E-state index contributed by atoms with van der Waals surface area (Å²) < 4.78 is 6.04. The van der Waals surface area contributed by atoms with E-state index in [9.17, 15) is 9.59 Å². The lowest BCUT2D eigenvalue weighted by Crippen LogP contribution is -2.18. The maximum atomic E-state index is 12.7. The number of carbonyl (C=O) groups excluding carboxylic acids is 1. The standard InChI is InChI=1S/C48H86O4/c1-3-5-7-9-10-11-12-13-14-15-16-17-18-19-20-24-27-30-33-37-41-45-48(51)52-46(42-38-34-8-6-4-2)43-39-35-31-28-25-22-21-23-26-29-32-36-40-44-47(49)50/h10-11,13-14,16-17,19-20,46H,3-9,12,15,18,21-45H2,1-2H3,(H,49,50)/b11-10-,14-13-,17-16-,20-19-. The number of aliphatic carboxylic acids is 1. The van der Waals surface area contributed by atoms with Crippen molar-refractivity contribution >= 4 is 11.9 Å². The highest BCUT2D eigenvalue weighted by atomic mass is 16.5. The molecule has 52 heavy (non-hydrogen) atoms. The fourth-order valence-corrected chi connectivity index (χ4v) is 6.70. The molecular formula is C48H86O4. The highest BCUT2D eigenvalue weighted by molar-refractivity contribution is 5.69. The van der Waals surface area contributed by atoms with Crippen LogP contribution in [0.2, 0.25) is 0 Å². The molecular weight excluding hydrogens is 641 g/mol. The van der Waals surface area contributed by atoms with Crippen molar-refractivity contribution in [3.8, 4) is 0 Å². The van der Waals surface area contributed by atoms with Gasteiger partial charge in [0, 0.05) is 12.8 Å². The van der Waals surface area contributed by atoms with E-state index in [2.05, 4.69) is 62.5 Å². The van der Waals surface area contributed by atoms with E-state index in [1.165, 1.54) is 148 Å². The van der Waals surface area contributed by atoms with Crippen LogP contribution in [-0.2, 0) is 14.3 Å². The highest BCUT2D eigenvalue weighted by Crippen LogP contribution is 2.19. The van der Waals surface area contributed by atoms with E-state index in [-0.39, 0.29) is 12.1 Å². The zero-order chi connectivity index (χ0) is 37.8. The summed E-state index contributed by atoms with van der Waals surface area (Å²) >= 11 is 0. The average Bonchev–Trinajstić information content (AvgIpc) is 3.13. The van der Waals surface area contributed by atoms with Gasteiger partial charge in [0.15, 0.2) is 0 Å². The molecule has 1 atom stereocenters. The normalized spacial score (nSPS) is 12.7. The molecule has 302 valence electrons. The first kappa shape index (κ1) is 49.9. The Labute approximate surface area is 323 Å². The van der Waals surface area contributed by atoms with Gasteiger partial charge in [0.25, 0.3) is 0 Å². The summed E-state index contributed by atoms with van der Waals surface area (Å²) in [5, 5.41) is 8.70. The molecule has 4 nitrogen and oxygen atoms in total. The summed E-state index contributed by atoms with van der Waals surface area (Å²) in [6, 6.07) is 0. The summed E-state index contributed by atoms with van der Waals surface area (Å²) in [5.74, 6) is -0.641. The summed E-state index contributed by atoms with van der Waals surface area (Å²) in [6.07, 6.45) is 58.8. The van der Waals surface area contributed by atoms with E-state index in [1.807, 2.05) is 0 Å². The number of ether oxygens (including phenoxy) is 1. The zero-order valence-corrected chi connectivity index (χ0v) is 34.6. The zero-order valence-electron chi connectivity index (χ0n) is 34.6. The quantitative estimate of drug-likeness (QED) is 0.0387. The van der Waals surface area contributed by atoms with Crippen molar-refractivity contribution in [1.82, 2.24) is 0 Å². The van der Waals surface area contributed by atoms with E-state index in [1.54, 1.807) is 0 Å². The molecule has 0 heterocycles. The molecule has 0 fully saturated rings. The van der Waals surface area contributed by atoms with Crippen LogP contribution < -0.4 is 0 Å². The molecule has 0 aromatic heterocycles. The number of carboxylic acids is 1. The molecule has 0 saturated carbocycles. The number of esters is 1. The second-order valence-corrected chi connectivity index (χ2v) is 15.2. The molecule has 0 aliphatic rings. The Balaban J connectivity index is 3.88. The van der Waals surface area contributed by atoms with Gasteiger partial charge >= 0.3 is 11.9 Å². The van der Waals surface area contributed by atoms with Crippen LogP contribution >= 0.6 is 0 Å². The van der Waals surface area contributed by atoms with Crippen LogP contribution in [0, 0.1) is 0 Å². The SMILES string of the molecule is CCCCC/C=C\C/C=C\C/C=C\C/C=C\CCCCCCCC(=O)OC(CCCCCCC)CCCCCCCCCCCCCCCC(=O)O. The highest BCUT2D eigenvalue weighted by Gasteiger charge is 2.14. The Morgan fingerprint density at radius 1 is 0.423 bits per heavy atom. The van der Waals surface area contributed by atoms with Gasteiger partial charge in [-0.05, 0) is 83.5 Å². The number of hydrogen-bond donors (Lipinski definition) is 1. The number of carbonyl (C=O) groups is 2. The molecule has 0 amide bonds. The Bertz CT molecular complexity index is 870. The largest absolute Gasteiger partial charge is 0.481 e. The lowest BCUT2D eigenvalue weighted by molar-refractivity contribution is -0.150. The van der Waals surface area contributed by atoms with Gasteiger partial charge in [0.1, 0.15) is 6.10 Å². The fourth-order valence-electron chi connectivity index (χ4n) is 6.70. The summed E-state index contributed by atoms with van der Waals surface area (Å²) in [6.45, 7) is 4.51. The minimum absolute atomic E-state index is 0.0277. The topological polar surface area (TPSA) is 63.6 Å². The smallest absolute Gasteiger partial charge is 0.306 e. The van der Waals surface area contributed by atoms with Crippen molar-refractivity contribution in [3.63, 3.8) is 0 Å². The van der Waals surface area contributed by atoms with Gasteiger partial charge in [0.2, 0.25) is 0 Å². The number of unbranched alkanes of at least 4 members (excludes halogenated alkanes) is 24. The monoisotopic (exact) mass is 727 g/mol. The Kier molecular flexibility index (Phi) is 41.6. The van der Waals surface area contributed by atoms with Gasteiger partial charge in [-0.1, -0.05) is 191 Å². The van der Waals surface area contributed by atoms with Crippen molar-refractivity contribution < 1.29 is 19.4 Å². The third-order valence-electron chi connectivity index (χ3n) is 10.1. The first-order valence-corrected chi connectivity index (χ1v) is 22.6. The van der Waals surface area contributed by atoms with Gasteiger partial charge in [0.05, 0.1) is 0 Å². The third kappa shape index (κ3) is 42.3. The maximum Gasteiger partial charge on any atom is 0.306 e. The van der Waals surface area contributed by atoms with E-state index in [0.29, 0.717) is 12.8 Å². The Morgan fingerprint density at radius 2 is 0.750 bits per heavy atom. The average molecular weight is 727 g/mol. The second-order valence-electron chi connectivity index (χ2n) is 15.2. The van der Waals surface area contributed by atoms with Crippen LogP contribution in [0.15, 0.2) is 48.6 Å². The van der Waals surface area contributed by atoms with Crippen LogP contribution in [0.25, 0.3) is 0 Å². The molecule has 4 heteroatoms. The van der Waals surface area contributed by atoms with Gasteiger partial charge in [-0.25, -0.2) is 0 Å². The molecule has 0 radical (unpaired) electrons. The van der Waals surface area contributed by atoms with Crippen LogP contribution in [0.4, 0.5) is 0 Å². The Hall–Kier alpha value is -2.10. The molecule has 0 aliphatic carbocycles. The minimum atomic E-state index is -0.668. The second kappa shape index (κ2) is 43.3. The van der Waals surface area contributed by atoms with Gasteiger partial charge in [-0.15, -0.1) is 0 Å².